The number of nitrogens with zero attached hydrogens (tertiary/aromatic N) is 1. The van der Waals surface area contributed by atoms with E-state index in [1.165, 1.54) is 17.4 Å². The van der Waals surface area contributed by atoms with Crippen molar-refractivity contribution in [1.82, 2.24) is 10.3 Å². The number of thiazole rings is 1. The molecule has 0 aliphatic carbocycles. The van der Waals surface area contributed by atoms with Crippen molar-refractivity contribution in [3.05, 3.63) is 50.9 Å². The van der Waals surface area contributed by atoms with Gasteiger partial charge in [0.25, 0.3) is 0 Å². The zero-order valence-corrected chi connectivity index (χ0v) is 12.1. The highest BCUT2D eigenvalue weighted by molar-refractivity contribution is 7.15. The molecule has 0 amide bonds. The fourth-order valence-corrected chi connectivity index (χ4v) is 2.62. The molecule has 1 aromatic carbocycles. The van der Waals surface area contributed by atoms with Crippen LogP contribution in [0.3, 0.4) is 0 Å². The van der Waals surface area contributed by atoms with Gasteiger partial charge in [0.2, 0.25) is 0 Å². The molecule has 0 aliphatic rings. The summed E-state index contributed by atoms with van der Waals surface area (Å²) in [6.45, 7) is 2.28. The van der Waals surface area contributed by atoms with Crippen molar-refractivity contribution in [3.8, 4) is 0 Å². The molecule has 0 fully saturated rings. The molecule has 1 aromatic heterocycles. The Morgan fingerprint density at radius 3 is 2.75 bits per heavy atom. The lowest BCUT2D eigenvalue weighted by molar-refractivity contribution is -0.137. The molecule has 0 saturated heterocycles. The molecular formula is C13H12ClF3N2S. The highest BCUT2D eigenvalue weighted by atomic mass is 35.5. The highest BCUT2D eigenvalue weighted by Gasteiger charge is 2.30. The number of benzene rings is 1. The molecule has 0 radical (unpaired) electrons. The van der Waals surface area contributed by atoms with E-state index in [0.29, 0.717) is 16.4 Å². The standard InChI is InChI=1S/C13H12ClF3N2S/c1-8(18-7-12-19-6-11(14)20-12)9-3-2-4-10(5-9)13(15,16)17/h2-6,8,18H,7H2,1H3. The number of halogens is 4. The second kappa shape index (κ2) is 6.11. The fraction of sp³-hybridized carbons (Fsp3) is 0.308. The summed E-state index contributed by atoms with van der Waals surface area (Å²) in [5.74, 6) is 0. The van der Waals surface area contributed by atoms with Crippen LogP contribution >= 0.6 is 22.9 Å². The molecule has 1 N–H and O–H groups in total. The normalized spacial score (nSPS) is 13.4. The van der Waals surface area contributed by atoms with Crippen molar-refractivity contribution in [2.75, 3.05) is 0 Å². The number of nitrogens with one attached hydrogen (secondary N) is 1. The zero-order chi connectivity index (χ0) is 14.8. The molecule has 1 unspecified atom stereocenters. The Balaban J connectivity index is 2.03. The lowest BCUT2D eigenvalue weighted by Gasteiger charge is -2.15. The lowest BCUT2D eigenvalue weighted by Crippen LogP contribution is -2.18. The average Bonchev–Trinajstić information content (AvgIpc) is 2.81. The Bertz CT molecular complexity index is 583. The molecule has 1 heterocycles. The van der Waals surface area contributed by atoms with Gasteiger partial charge in [-0.05, 0) is 24.6 Å². The third-order valence-electron chi connectivity index (χ3n) is 2.80. The Morgan fingerprint density at radius 2 is 2.15 bits per heavy atom. The summed E-state index contributed by atoms with van der Waals surface area (Å²) in [7, 11) is 0. The summed E-state index contributed by atoms with van der Waals surface area (Å²) >= 11 is 7.11. The second-order valence-corrected chi connectivity index (χ2v) is 6.03. The topological polar surface area (TPSA) is 24.9 Å². The zero-order valence-electron chi connectivity index (χ0n) is 10.5. The molecule has 108 valence electrons. The van der Waals surface area contributed by atoms with Gasteiger partial charge in [-0.3, -0.25) is 0 Å². The molecule has 20 heavy (non-hydrogen) atoms. The van der Waals surface area contributed by atoms with Gasteiger partial charge in [0.05, 0.1) is 11.8 Å². The van der Waals surface area contributed by atoms with Crippen molar-refractivity contribution < 1.29 is 13.2 Å². The molecule has 7 heteroatoms. The largest absolute Gasteiger partial charge is 0.416 e. The number of aromatic nitrogens is 1. The molecule has 1 atom stereocenters. The smallest absolute Gasteiger partial charge is 0.304 e. The molecule has 0 bridgehead atoms. The van der Waals surface area contributed by atoms with Crippen LogP contribution in [0.25, 0.3) is 0 Å². The molecule has 2 nitrogen and oxygen atoms in total. The van der Waals surface area contributed by atoms with Crippen LogP contribution in [0.15, 0.2) is 30.5 Å². The summed E-state index contributed by atoms with van der Waals surface area (Å²) in [5.41, 5.74) is -0.0524. The minimum atomic E-state index is -4.32. The van der Waals surface area contributed by atoms with Gasteiger partial charge in [0, 0.05) is 12.6 Å². The van der Waals surface area contributed by atoms with Crippen molar-refractivity contribution in [3.63, 3.8) is 0 Å². The van der Waals surface area contributed by atoms with Crippen LogP contribution in [0, 0.1) is 0 Å². The van der Waals surface area contributed by atoms with Crippen LogP contribution in [0.4, 0.5) is 13.2 Å². The maximum absolute atomic E-state index is 12.6. The van der Waals surface area contributed by atoms with E-state index in [-0.39, 0.29) is 6.04 Å². The van der Waals surface area contributed by atoms with Gasteiger partial charge in [0.15, 0.2) is 0 Å². The summed E-state index contributed by atoms with van der Waals surface area (Å²) in [4.78, 5) is 4.08. The fourth-order valence-electron chi connectivity index (χ4n) is 1.71. The third kappa shape index (κ3) is 3.94. The van der Waals surface area contributed by atoms with Crippen molar-refractivity contribution in [1.29, 1.82) is 0 Å². The minimum absolute atomic E-state index is 0.208. The first-order chi connectivity index (χ1) is 9.36. The minimum Gasteiger partial charge on any atom is -0.304 e. The van der Waals surface area contributed by atoms with E-state index in [2.05, 4.69) is 10.3 Å². The first-order valence-electron chi connectivity index (χ1n) is 5.87. The van der Waals surface area contributed by atoms with Crippen molar-refractivity contribution in [2.45, 2.75) is 25.7 Å². The molecule has 2 rings (SSSR count). The van der Waals surface area contributed by atoms with Crippen LogP contribution in [0.2, 0.25) is 4.34 Å². The molecule has 2 aromatic rings. The number of hydrogen-bond donors (Lipinski definition) is 1. The Morgan fingerprint density at radius 1 is 1.40 bits per heavy atom. The van der Waals surface area contributed by atoms with E-state index in [9.17, 15) is 13.2 Å². The number of rotatable bonds is 4. The monoisotopic (exact) mass is 320 g/mol. The summed E-state index contributed by atoms with van der Waals surface area (Å²) in [6.07, 6.45) is -2.77. The van der Waals surface area contributed by atoms with E-state index in [4.69, 9.17) is 11.6 Å². The van der Waals surface area contributed by atoms with Gasteiger partial charge in [-0.2, -0.15) is 13.2 Å². The maximum atomic E-state index is 12.6. The summed E-state index contributed by atoms with van der Waals surface area (Å²) in [5, 5.41) is 3.93. The third-order valence-corrected chi connectivity index (χ3v) is 3.91. The Kier molecular flexibility index (Phi) is 4.67. The van der Waals surface area contributed by atoms with E-state index in [1.807, 2.05) is 6.92 Å². The van der Waals surface area contributed by atoms with Crippen molar-refractivity contribution in [2.24, 2.45) is 0 Å². The molecular weight excluding hydrogens is 309 g/mol. The van der Waals surface area contributed by atoms with Crippen LogP contribution in [-0.2, 0) is 12.7 Å². The van der Waals surface area contributed by atoms with Crippen molar-refractivity contribution >= 4 is 22.9 Å². The van der Waals surface area contributed by atoms with E-state index >= 15 is 0 Å². The van der Waals surface area contributed by atoms with Crippen LogP contribution in [0.5, 0.6) is 0 Å². The van der Waals surface area contributed by atoms with Crippen LogP contribution < -0.4 is 5.32 Å². The quantitative estimate of drug-likeness (QED) is 0.885. The summed E-state index contributed by atoms with van der Waals surface area (Å²) in [6, 6.07) is 5.10. The van der Waals surface area contributed by atoms with Gasteiger partial charge < -0.3 is 5.32 Å². The first-order valence-corrected chi connectivity index (χ1v) is 7.06. The maximum Gasteiger partial charge on any atom is 0.416 e. The van der Waals surface area contributed by atoms with Gasteiger partial charge in [-0.15, -0.1) is 11.3 Å². The second-order valence-electron chi connectivity index (χ2n) is 4.28. The average molecular weight is 321 g/mol. The van der Waals surface area contributed by atoms with Gasteiger partial charge in [-0.25, -0.2) is 4.98 Å². The lowest BCUT2D eigenvalue weighted by atomic mass is 10.0. The van der Waals surface area contributed by atoms with Crippen LogP contribution in [-0.4, -0.2) is 4.98 Å². The SMILES string of the molecule is CC(NCc1ncc(Cl)s1)c1cccc(C(F)(F)F)c1. The van der Waals surface area contributed by atoms with E-state index in [0.717, 1.165) is 17.1 Å². The molecule has 0 spiro atoms. The molecule has 0 saturated carbocycles. The van der Waals surface area contributed by atoms with E-state index in [1.54, 1.807) is 12.3 Å². The number of alkyl halides is 3. The summed E-state index contributed by atoms with van der Waals surface area (Å²) < 4.78 is 38.5. The first kappa shape index (κ1) is 15.3. The highest BCUT2D eigenvalue weighted by Crippen LogP contribution is 2.30. The predicted molar refractivity (Wildman–Crippen MR) is 73.8 cm³/mol. The number of hydrogen-bond acceptors (Lipinski definition) is 3. The predicted octanol–water partition coefficient (Wildman–Crippen LogP) is 4.67. The van der Waals surface area contributed by atoms with Crippen LogP contribution in [0.1, 0.15) is 29.1 Å². The Labute approximate surface area is 123 Å². The van der Waals surface area contributed by atoms with Gasteiger partial charge in [0.1, 0.15) is 9.34 Å². The van der Waals surface area contributed by atoms with Gasteiger partial charge in [-0.1, -0.05) is 23.7 Å². The molecule has 0 aliphatic heterocycles. The van der Waals surface area contributed by atoms with E-state index < -0.39 is 11.7 Å². The Hall–Kier alpha value is -1.11. The van der Waals surface area contributed by atoms with Gasteiger partial charge >= 0.3 is 6.18 Å².